The zero-order valence-corrected chi connectivity index (χ0v) is 7.92. The minimum atomic E-state index is 0. The third kappa shape index (κ3) is 1.86. The summed E-state index contributed by atoms with van der Waals surface area (Å²) in [5.41, 5.74) is 0.550. The highest BCUT2D eigenvalue weighted by Crippen LogP contribution is 2.36. The van der Waals surface area contributed by atoms with Crippen LogP contribution in [0.5, 0.6) is 0 Å². The van der Waals surface area contributed by atoms with Gasteiger partial charge < -0.3 is 5.32 Å². The van der Waals surface area contributed by atoms with Gasteiger partial charge in [0, 0.05) is 6.04 Å². The van der Waals surface area contributed by atoms with Crippen LogP contribution in [0, 0.1) is 5.41 Å². The lowest BCUT2D eigenvalue weighted by Crippen LogP contribution is -2.34. The topological polar surface area (TPSA) is 12.0 Å². The molecule has 0 amide bonds. The molecule has 1 nitrogen and oxygen atoms in total. The summed E-state index contributed by atoms with van der Waals surface area (Å²) in [6.07, 6.45) is 4.15. The zero-order chi connectivity index (χ0) is 6.91. The van der Waals surface area contributed by atoms with E-state index in [0.717, 1.165) is 6.04 Å². The number of hydrogen-bond donors (Lipinski definition) is 1. The molecule has 1 N–H and O–H groups in total. The van der Waals surface area contributed by atoms with E-state index in [0.29, 0.717) is 5.41 Å². The lowest BCUT2D eigenvalue weighted by atomic mass is 9.88. The molecule has 10 heavy (non-hydrogen) atoms. The van der Waals surface area contributed by atoms with Gasteiger partial charge in [-0.1, -0.05) is 20.3 Å². The van der Waals surface area contributed by atoms with Crippen LogP contribution in [0.1, 0.15) is 33.1 Å². The average Bonchev–Trinajstić information content (AvgIpc) is 2.08. The maximum Gasteiger partial charge on any atom is 0.0115 e. The molecule has 1 saturated carbocycles. The Kier molecular flexibility index (Phi) is 3.68. The van der Waals surface area contributed by atoms with Crippen molar-refractivity contribution in [2.45, 2.75) is 39.2 Å². The van der Waals surface area contributed by atoms with Gasteiger partial charge in [0.2, 0.25) is 0 Å². The number of rotatable bonds is 1. The van der Waals surface area contributed by atoms with Crippen LogP contribution in [-0.2, 0) is 0 Å². The van der Waals surface area contributed by atoms with E-state index in [1.54, 1.807) is 0 Å². The molecule has 1 aliphatic carbocycles. The minimum absolute atomic E-state index is 0. The summed E-state index contributed by atoms with van der Waals surface area (Å²) in [4.78, 5) is 0. The first-order valence-corrected chi connectivity index (χ1v) is 3.84. The molecule has 2 heteroatoms. The Morgan fingerprint density at radius 1 is 1.40 bits per heavy atom. The second kappa shape index (κ2) is 3.59. The number of halogens is 1. The van der Waals surface area contributed by atoms with Crippen molar-refractivity contribution >= 4 is 12.4 Å². The first kappa shape index (κ1) is 10.2. The molecular formula is C8H18ClN. The molecule has 1 rings (SSSR count). The maximum absolute atomic E-state index is 3.35. The first-order valence-electron chi connectivity index (χ1n) is 3.84. The summed E-state index contributed by atoms with van der Waals surface area (Å²) < 4.78 is 0. The van der Waals surface area contributed by atoms with E-state index in [2.05, 4.69) is 26.2 Å². The van der Waals surface area contributed by atoms with Crippen molar-refractivity contribution < 1.29 is 0 Å². The fourth-order valence-electron chi connectivity index (χ4n) is 1.86. The Labute approximate surface area is 70.0 Å². The zero-order valence-electron chi connectivity index (χ0n) is 7.11. The Morgan fingerprint density at radius 3 is 2.20 bits per heavy atom. The van der Waals surface area contributed by atoms with Crippen LogP contribution in [0.15, 0.2) is 0 Å². The van der Waals surface area contributed by atoms with Crippen LogP contribution >= 0.6 is 12.4 Å². The first-order chi connectivity index (χ1) is 4.17. The van der Waals surface area contributed by atoms with Gasteiger partial charge in [-0.05, 0) is 25.3 Å². The van der Waals surface area contributed by atoms with E-state index in [9.17, 15) is 0 Å². The highest BCUT2D eigenvalue weighted by molar-refractivity contribution is 5.85. The Balaban J connectivity index is 0.000000810. The fourth-order valence-corrected chi connectivity index (χ4v) is 1.86. The van der Waals surface area contributed by atoms with Crippen LogP contribution in [0.4, 0.5) is 0 Å². The second-order valence-corrected chi connectivity index (χ2v) is 3.72. The average molecular weight is 164 g/mol. The number of hydrogen-bond acceptors (Lipinski definition) is 1. The molecule has 0 spiro atoms. The Hall–Kier alpha value is 0.250. The maximum atomic E-state index is 3.35. The molecule has 0 bridgehead atoms. The molecule has 0 saturated heterocycles. The van der Waals surface area contributed by atoms with E-state index in [4.69, 9.17) is 0 Å². The Bertz CT molecular complexity index is 101. The van der Waals surface area contributed by atoms with Gasteiger partial charge in [-0.15, -0.1) is 12.4 Å². The molecule has 1 aliphatic rings. The summed E-state index contributed by atoms with van der Waals surface area (Å²) >= 11 is 0. The van der Waals surface area contributed by atoms with Gasteiger partial charge >= 0.3 is 0 Å². The standard InChI is InChI=1S/C8H17N.ClH/c1-8(2)6-4-5-7(8)9-3;/h7,9H,4-6H2,1-3H3;1H. The van der Waals surface area contributed by atoms with Crippen molar-refractivity contribution in [1.82, 2.24) is 5.32 Å². The van der Waals surface area contributed by atoms with Crippen molar-refractivity contribution in [3.8, 4) is 0 Å². The predicted molar refractivity (Wildman–Crippen MR) is 47.7 cm³/mol. The molecule has 1 fully saturated rings. The monoisotopic (exact) mass is 163 g/mol. The van der Waals surface area contributed by atoms with Crippen LogP contribution in [0.2, 0.25) is 0 Å². The van der Waals surface area contributed by atoms with E-state index in [1.165, 1.54) is 19.3 Å². The fraction of sp³-hybridized carbons (Fsp3) is 1.00. The Morgan fingerprint density at radius 2 is 2.00 bits per heavy atom. The predicted octanol–water partition coefficient (Wildman–Crippen LogP) is 2.21. The van der Waals surface area contributed by atoms with E-state index in [1.807, 2.05) is 0 Å². The summed E-state index contributed by atoms with van der Waals surface area (Å²) in [7, 11) is 2.07. The molecule has 1 unspecified atom stereocenters. The van der Waals surface area contributed by atoms with Crippen molar-refractivity contribution in [2.24, 2.45) is 5.41 Å². The molecule has 0 aromatic carbocycles. The van der Waals surface area contributed by atoms with Gasteiger partial charge in [-0.25, -0.2) is 0 Å². The minimum Gasteiger partial charge on any atom is -0.316 e. The van der Waals surface area contributed by atoms with Crippen LogP contribution < -0.4 is 5.32 Å². The molecule has 0 aromatic heterocycles. The van der Waals surface area contributed by atoms with Crippen LogP contribution in [0.3, 0.4) is 0 Å². The molecule has 62 valence electrons. The van der Waals surface area contributed by atoms with Gasteiger partial charge in [0.1, 0.15) is 0 Å². The van der Waals surface area contributed by atoms with Crippen LogP contribution in [-0.4, -0.2) is 13.1 Å². The highest BCUT2D eigenvalue weighted by atomic mass is 35.5. The smallest absolute Gasteiger partial charge is 0.0115 e. The second-order valence-electron chi connectivity index (χ2n) is 3.72. The van der Waals surface area contributed by atoms with Crippen molar-refractivity contribution in [3.05, 3.63) is 0 Å². The van der Waals surface area contributed by atoms with E-state index < -0.39 is 0 Å². The van der Waals surface area contributed by atoms with E-state index >= 15 is 0 Å². The lowest BCUT2D eigenvalue weighted by molar-refractivity contribution is 0.297. The van der Waals surface area contributed by atoms with Crippen molar-refractivity contribution in [3.63, 3.8) is 0 Å². The SMILES string of the molecule is CNC1CCCC1(C)C.Cl. The molecule has 0 aliphatic heterocycles. The third-order valence-corrected chi connectivity index (χ3v) is 2.61. The molecular weight excluding hydrogens is 146 g/mol. The molecule has 1 atom stereocenters. The lowest BCUT2D eigenvalue weighted by Gasteiger charge is -2.26. The van der Waals surface area contributed by atoms with Crippen LogP contribution in [0.25, 0.3) is 0 Å². The summed E-state index contributed by atoms with van der Waals surface area (Å²) in [6, 6.07) is 0.762. The van der Waals surface area contributed by atoms with Gasteiger partial charge in [0.15, 0.2) is 0 Å². The van der Waals surface area contributed by atoms with Crippen molar-refractivity contribution in [2.75, 3.05) is 7.05 Å². The number of nitrogens with one attached hydrogen (secondary N) is 1. The third-order valence-electron chi connectivity index (χ3n) is 2.61. The quantitative estimate of drug-likeness (QED) is 0.625. The normalized spacial score (nSPS) is 29.7. The summed E-state index contributed by atoms with van der Waals surface area (Å²) in [5.74, 6) is 0. The molecule has 0 heterocycles. The largest absolute Gasteiger partial charge is 0.316 e. The summed E-state index contributed by atoms with van der Waals surface area (Å²) in [5, 5.41) is 3.35. The van der Waals surface area contributed by atoms with E-state index in [-0.39, 0.29) is 12.4 Å². The van der Waals surface area contributed by atoms with Gasteiger partial charge in [-0.3, -0.25) is 0 Å². The van der Waals surface area contributed by atoms with Gasteiger partial charge in [0.05, 0.1) is 0 Å². The summed E-state index contributed by atoms with van der Waals surface area (Å²) in [6.45, 7) is 4.70. The molecule has 0 radical (unpaired) electrons. The molecule has 0 aromatic rings. The van der Waals surface area contributed by atoms with Gasteiger partial charge in [0.25, 0.3) is 0 Å². The highest BCUT2D eigenvalue weighted by Gasteiger charge is 2.32. The van der Waals surface area contributed by atoms with Gasteiger partial charge in [-0.2, -0.15) is 0 Å². The van der Waals surface area contributed by atoms with Crippen molar-refractivity contribution in [1.29, 1.82) is 0 Å².